The summed E-state index contributed by atoms with van der Waals surface area (Å²) in [4.78, 5) is 27.5. The van der Waals surface area contributed by atoms with E-state index in [9.17, 15) is 14.7 Å². The largest absolute Gasteiger partial charge is 1.00 e. The molecule has 6 nitrogen and oxygen atoms in total. The Bertz CT molecular complexity index is 922. The fraction of sp³-hybridized carbons (Fsp3) is 0.263. The van der Waals surface area contributed by atoms with Crippen LogP contribution in [-0.2, 0) is 17.6 Å². The number of pyridine rings is 1. The van der Waals surface area contributed by atoms with Gasteiger partial charge in [-0.1, -0.05) is 36.1 Å². The molecular weight excluding hydrogens is 341 g/mol. The number of nitrogens with zero attached hydrogens (tertiary/aromatic N) is 3. The van der Waals surface area contributed by atoms with Crippen LogP contribution in [0.5, 0.6) is 5.75 Å². The Morgan fingerprint density at radius 3 is 2.54 bits per heavy atom. The monoisotopic (exact) mass is 359 g/mol. The van der Waals surface area contributed by atoms with Crippen LogP contribution in [0.15, 0.2) is 42.7 Å². The predicted octanol–water partition coefficient (Wildman–Crippen LogP) is -0.856. The normalized spacial score (nSPS) is 10.5. The summed E-state index contributed by atoms with van der Waals surface area (Å²) in [6.07, 6.45) is 2.83. The maximum absolute atomic E-state index is 12.5. The van der Waals surface area contributed by atoms with Crippen molar-refractivity contribution in [1.29, 1.82) is 0 Å². The Balaban J connectivity index is 0.00000243. The van der Waals surface area contributed by atoms with Crippen molar-refractivity contribution in [3.8, 4) is 5.75 Å². The van der Waals surface area contributed by atoms with Crippen molar-refractivity contribution in [3.63, 3.8) is 0 Å². The summed E-state index contributed by atoms with van der Waals surface area (Å²) in [6, 6.07) is 11.4. The molecule has 7 heteroatoms. The molecule has 0 saturated heterocycles. The van der Waals surface area contributed by atoms with E-state index in [0.717, 1.165) is 12.0 Å². The fourth-order valence-electron chi connectivity index (χ4n) is 2.79. The van der Waals surface area contributed by atoms with E-state index in [0.29, 0.717) is 12.1 Å². The van der Waals surface area contributed by atoms with E-state index in [2.05, 4.69) is 10.1 Å². The number of ketones is 2. The SMILES string of the molecule is CC(=O)CCC(=O)c1c([O-])cc(CCc2ccccc2)n2ncnc12.[Na+]. The van der Waals surface area contributed by atoms with Gasteiger partial charge in [-0.25, -0.2) is 9.50 Å². The first-order valence-electron chi connectivity index (χ1n) is 8.15. The van der Waals surface area contributed by atoms with Gasteiger partial charge in [0.05, 0.1) is 5.56 Å². The third-order valence-electron chi connectivity index (χ3n) is 4.08. The molecule has 26 heavy (non-hydrogen) atoms. The first-order chi connectivity index (χ1) is 12.1. The minimum Gasteiger partial charge on any atom is -0.872 e. The summed E-state index contributed by atoms with van der Waals surface area (Å²) >= 11 is 0. The van der Waals surface area contributed by atoms with Crippen LogP contribution in [0.2, 0.25) is 0 Å². The van der Waals surface area contributed by atoms with Gasteiger partial charge >= 0.3 is 29.6 Å². The molecule has 3 aromatic rings. The number of Topliss-reactive ketones (excluding diaryl/α,β-unsaturated/α-hetero) is 2. The molecule has 0 bridgehead atoms. The van der Waals surface area contributed by atoms with E-state index in [1.54, 1.807) is 4.52 Å². The molecule has 0 aliphatic carbocycles. The molecule has 0 saturated carbocycles. The standard InChI is InChI=1S/C19H19N3O3.Na/c1-13(23)7-10-16(24)18-17(25)11-15(22-19(18)20-12-21-22)9-8-14-5-3-2-4-6-14;/h2-6,11-12,25H,7-10H2,1H3;/q;+1/p-1. The van der Waals surface area contributed by atoms with Gasteiger partial charge in [0.15, 0.2) is 11.4 Å². The van der Waals surface area contributed by atoms with Crippen LogP contribution in [0.3, 0.4) is 0 Å². The molecule has 0 aliphatic heterocycles. The molecule has 0 radical (unpaired) electrons. The Morgan fingerprint density at radius 2 is 1.85 bits per heavy atom. The second kappa shape index (κ2) is 9.07. The molecule has 0 atom stereocenters. The summed E-state index contributed by atoms with van der Waals surface area (Å²) in [7, 11) is 0. The first kappa shape index (κ1) is 20.3. The van der Waals surface area contributed by atoms with E-state index < -0.39 is 0 Å². The van der Waals surface area contributed by atoms with Crippen LogP contribution in [0.1, 0.15) is 41.4 Å². The number of aryl methyl sites for hydroxylation is 2. The predicted molar refractivity (Wildman–Crippen MR) is 90.5 cm³/mol. The number of benzene rings is 1. The molecular formula is C19H18N3NaO3. The van der Waals surface area contributed by atoms with Gasteiger partial charge in [-0.2, -0.15) is 5.10 Å². The van der Waals surface area contributed by atoms with Gasteiger partial charge in [-0.15, -0.1) is 0 Å². The number of aromatic nitrogens is 3. The second-order valence-corrected chi connectivity index (χ2v) is 5.98. The van der Waals surface area contributed by atoms with Crippen molar-refractivity contribution in [2.45, 2.75) is 32.6 Å². The maximum atomic E-state index is 12.5. The van der Waals surface area contributed by atoms with E-state index in [1.165, 1.54) is 19.3 Å². The number of fused-ring (bicyclic) bond motifs is 1. The van der Waals surface area contributed by atoms with E-state index in [-0.39, 0.29) is 70.9 Å². The molecule has 0 aliphatic rings. The van der Waals surface area contributed by atoms with Gasteiger partial charge in [0.2, 0.25) is 0 Å². The van der Waals surface area contributed by atoms with Crippen molar-refractivity contribution < 1.29 is 44.3 Å². The second-order valence-electron chi connectivity index (χ2n) is 5.98. The third kappa shape index (κ3) is 4.58. The quantitative estimate of drug-likeness (QED) is 0.405. The van der Waals surface area contributed by atoms with Crippen LogP contribution in [-0.4, -0.2) is 26.2 Å². The van der Waals surface area contributed by atoms with Crippen LogP contribution in [0.4, 0.5) is 0 Å². The Hall–Kier alpha value is -2.02. The Kier molecular flexibility index (Phi) is 7.08. The molecule has 0 N–H and O–H groups in total. The average molecular weight is 359 g/mol. The van der Waals surface area contributed by atoms with Gasteiger partial charge in [-0.05, 0) is 31.4 Å². The summed E-state index contributed by atoms with van der Waals surface area (Å²) in [5.41, 5.74) is 2.15. The minimum absolute atomic E-state index is 0. The summed E-state index contributed by atoms with van der Waals surface area (Å²) in [5.74, 6) is -0.817. The van der Waals surface area contributed by atoms with Crippen LogP contribution < -0.4 is 34.7 Å². The van der Waals surface area contributed by atoms with Gasteiger partial charge in [0.25, 0.3) is 0 Å². The van der Waals surface area contributed by atoms with Gasteiger partial charge in [0, 0.05) is 18.5 Å². The molecule has 0 spiro atoms. The van der Waals surface area contributed by atoms with Crippen molar-refractivity contribution in [1.82, 2.24) is 14.6 Å². The number of hydrogen-bond donors (Lipinski definition) is 0. The summed E-state index contributed by atoms with van der Waals surface area (Å²) in [6.45, 7) is 1.42. The summed E-state index contributed by atoms with van der Waals surface area (Å²) in [5, 5.41) is 16.6. The molecule has 2 aromatic heterocycles. The van der Waals surface area contributed by atoms with E-state index in [1.807, 2.05) is 30.3 Å². The number of carbonyl (C=O) groups excluding carboxylic acids is 2. The topological polar surface area (TPSA) is 87.4 Å². The van der Waals surface area contributed by atoms with Crippen molar-refractivity contribution in [2.75, 3.05) is 0 Å². The van der Waals surface area contributed by atoms with E-state index in [4.69, 9.17) is 0 Å². The molecule has 1 aromatic carbocycles. The molecule has 0 fully saturated rings. The molecule has 128 valence electrons. The minimum atomic E-state index is -0.368. The third-order valence-corrected chi connectivity index (χ3v) is 4.08. The smallest absolute Gasteiger partial charge is 0.872 e. The zero-order chi connectivity index (χ0) is 17.8. The molecule has 2 heterocycles. The van der Waals surface area contributed by atoms with Crippen LogP contribution in [0.25, 0.3) is 5.65 Å². The molecule has 3 rings (SSSR count). The zero-order valence-electron chi connectivity index (χ0n) is 14.9. The van der Waals surface area contributed by atoms with Crippen molar-refractivity contribution in [3.05, 3.63) is 59.5 Å². The number of carbonyl (C=O) groups is 2. The first-order valence-corrected chi connectivity index (χ1v) is 8.15. The van der Waals surface area contributed by atoms with Gasteiger partial charge < -0.3 is 9.90 Å². The maximum Gasteiger partial charge on any atom is 1.00 e. The van der Waals surface area contributed by atoms with Crippen LogP contribution in [0, 0.1) is 0 Å². The number of rotatable bonds is 7. The Morgan fingerprint density at radius 1 is 1.12 bits per heavy atom. The molecule has 0 unspecified atom stereocenters. The number of hydrogen-bond acceptors (Lipinski definition) is 5. The van der Waals surface area contributed by atoms with Crippen molar-refractivity contribution in [2.24, 2.45) is 0 Å². The van der Waals surface area contributed by atoms with Gasteiger partial charge in [-0.3, -0.25) is 4.79 Å². The fourth-order valence-corrected chi connectivity index (χ4v) is 2.79. The zero-order valence-corrected chi connectivity index (χ0v) is 16.9. The van der Waals surface area contributed by atoms with Gasteiger partial charge in [0.1, 0.15) is 12.1 Å². The van der Waals surface area contributed by atoms with Crippen molar-refractivity contribution >= 4 is 17.2 Å². The average Bonchev–Trinajstić information content (AvgIpc) is 3.08. The molecule has 0 amide bonds. The summed E-state index contributed by atoms with van der Waals surface area (Å²) < 4.78 is 1.55. The van der Waals surface area contributed by atoms with E-state index >= 15 is 0 Å². The Labute approximate surface area is 173 Å². The van der Waals surface area contributed by atoms with Crippen LogP contribution >= 0.6 is 0 Å².